The van der Waals surface area contributed by atoms with Crippen LogP contribution in [0.1, 0.15) is 5.56 Å². The summed E-state index contributed by atoms with van der Waals surface area (Å²) in [7, 11) is 1.71. The molecule has 1 aromatic heterocycles. The van der Waals surface area contributed by atoms with Gasteiger partial charge in [0.05, 0.1) is 26.0 Å². The van der Waals surface area contributed by atoms with Gasteiger partial charge >= 0.3 is 0 Å². The van der Waals surface area contributed by atoms with Crippen molar-refractivity contribution in [3.63, 3.8) is 0 Å². The van der Waals surface area contributed by atoms with Gasteiger partial charge in [-0.25, -0.2) is 0 Å². The Bertz CT molecular complexity index is 502. The number of amides is 1. The number of hydrogen-bond acceptors (Lipinski definition) is 4. The lowest BCUT2D eigenvalue weighted by Gasteiger charge is -2.25. The maximum Gasteiger partial charge on any atom is 0.244 e. The van der Waals surface area contributed by atoms with Crippen molar-refractivity contribution >= 4 is 5.91 Å². The van der Waals surface area contributed by atoms with Crippen molar-refractivity contribution in [2.75, 3.05) is 40.0 Å². The molecule has 2 fully saturated rings. The third kappa shape index (κ3) is 2.33. The lowest BCUT2D eigenvalue weighted by atomic mass is 9.82. The Labute approximate surface area is 118 Å². The largest absolute Gasteiger partial charge is 0.384 e. The number of hydrogen-bond donors (Lipinski definition) is 0. The summed E-state index contributed by atoms with van der Waals surface area (Å²) < 4.78 is 12.6. The fraction of sp³-hybridized carbons (Fsp3) is 0.714. The predicted octanol–water partition coefficient (Wildman–Crippen LogP) is 0.313. The van der Waals surface area contributed by atoms with Crippen LogP contribution in [0.3, 0.4) is 0 Å². The Balaban J connectivity index is 1.65. The molecule has 1 amide bonds. The molecule has 0 bridgehead atoms. The number of likely N-dealkylation sites (tertiary alicyclic amines) is 1. The molecule has 6 nitrogen and oxygen atoms in total. The first kappa shape index (κ1) is 13.6. The zero-order valence-corrected chi connectivity index (χ0v) is 12.0. The van der Waals surface area contributed by atoms with E-state index < -0.39 is 0 Å². The molecule has 0 saturated carbocycles. The van der Waals surface area contributed by atoms with Crippen LogP contribution < -0.4 is 0 Å². The summed E-state index contributed by atoms with van der Waals surface area (Å²) in [4.78, 5) is 14.3. The van der Waals surface area contributed by atoms with Gasteiger partial charge in [0.15, 0.2) is 0 Å². The van der Waals surface area contributed by atoms with E-state index in [4.69, 9.17) is 9.47 Å². The molecule has 0 radical (unpaired) electrons. The third-order valence-corrected chi connectivity index (χ3v) is 4.37. The summed E-state index contributed by atoms with van der Waals surface area (Å²) in [5.41, 5.74) is 1.06. The van der Waals surface area contributed by atoms with Crippen LogP contribution in [0.5, 0.6) is 0 Å². The van der Waals surface area contributed by atoms with E-state index in [1.807, 2.05) is 18.0 Å². The fourth-order valence-corrected chi connectivity index (χ4v) is 3.31. The van der Waals surface area contributed by atoms with Gasteiger partial charge in [0.25, 0.3) is 0 Å². The van der Waals surface area contributed by atoms with Crippen molar-refractivity contribution in [1.29, 1.82) is 0 Å². The maximum absolute atomic E-state index is 12.4. The number of fused-ring (bicyclic) bond motifs is 1. The number of rotatable bonds is 4. The number of aryl methyl sites for hydroxylation is 1. The molecule has 0 aliphatic carbocycles. The first-order valence-corrected chi connectivity index (χ1v) is 6.96. The molecule has 1 aromatic rings. The number of carbonyl (C=O) groups is 1. The molecule has 0 N–H and O–H groups in total. The zero-order chi connectivity index (χ0) is 14.2. The number of aromatic nitrogens is 2. The lowest BCUT2D eigenvalue weighted by molar-refractivity contribution is -0.132. The van der Waals surface area contributed by atoms with Crippen LogP contribution >= 0.6 is 0 Å². The van der Waals surface area contributed by atoms with Crippen LogP contribution in [-0.4, -0.2) is 60.6 Å². The first-order chi connectivity index (χ1) is 9.63. The minimum absolute atomic E-state index is 0.00948. The fourth-order valence-electron chi connectivity index (χ4n) is 3.31. The normalized spacial score (nSPS) is 28.9. The van der Waals surface area contributed by atoms with E-state index in [1.165, 1.54) is 0 Å². The zero-order valence-electron chi connectivity index (χ0n) is 12.0. The molecule has 2 saturated heterocycles. The summed E-state index contributed by atoms with van der Waals surface area (Å²) in [5, 5.41) is 4.17. The Morgan fingerprint density at radius 3 is 3.20 bits per heavy atom. The number of ether oxygens (including phenoxy) is 2. The topological polar surface area (TPSA) is 56.6 Å². The summed E-state index contributed by atoms with van der Waals surface area (Å²) in [5.74, 6) is 0.517. The van der Waals surface area contributed by atoms with Gasteiger partial charge in [0.2, 0.25) is 5.91 Å². The third-order valence-electron chi connectivity index (χ3n) is 4.37. The number of carbonyl (C=O) groups excluding carboxylic acids is 1. The highest BCUT2D eigenvalue weighted by Crippen LogP contribution is 2.41. The van der Waals surface area contributed by atoms with Crippen LogP contribution in [0.4, 0.5) is 0 Å². The van der Waals surface area contributed by atoms with Crippen LogP contribution in [0, 0.1) is 18.3 Å². The van der Waals surface area contributed by atoms with Crippen molar-refractivity contribution in [2.45, 2.75) is 13.5 Å². The average molecular weight is 279 g/mol. The second kappa shape index (κ2) is 5.18. The molecule has 3 heterocycles. The van der Waals surface area contributed by atoms with Gasteiger partial charge in [-0.1, -0.05) is 0 Å². The van der Waals surface area contributed by atoms with Crippen LogP contribution in [-0.2, 0) is 20.8 Å². The van der Waals surface area contributed by atoms with Gasteiger partial charge < -0.3 is 14.4 Å². The van der Waals surface area contributed by atoms with Crippen LogP contribution in [0.25, 0.3) is 0 Å². The van der Waals surface area contributed by atoms with E-state index in [9.17, 15) is 4.79 Å². The Morgan fingerprint density at radius 2 is 2.50 bits per heavy atom. The highest BCUT2D eigenvalue weighted by Gasteiger charge is 2.51. The monoisotopic (exact) mass is 279 g/mol. The van der Waals surface area contributed by atoms with Gasteiger partial charge in [-0.15, -0.1) is 0 Å². The SMILES string of the molecule is COC[C@@]12COC[C@@H]1CN(C(=O)Cn1cc(C)cn1)C2. The smallest absolute Gasteiger partial charge is 0.244 e. The van der Waals surface area contributed by atoms with E-state index in [1.54, 1.807) is 18.0 Å². The molecule has 6 heteroatoms. The predicted molar refractivity (Wildman–Crippen MR) is 72.2 cm³/mol. The Hall–Kier alpha value is -1.40. The van der Waals surface area contributed by atoms with Crippen molar-refractivity contribution in [3.05, 3.63) is 18.0 Å². The quantitative estimate of drug-likeness (QED) is 0.796. The van der Waals surface area contributed by atoms with Crippen molar-refractivity contribution in [2.24, 2.45) is 11.3 Å². The molecule has 0 spiro atoms. The second-order valence-corrected chi connectivity index (χ2v) is 6.00. The molecular weight excluding hydrogens is 258 g/mol. The highest BCUT2D eigenvalue weighted by molar-refractivity contribution is 5.76. The molecule has 110 valence electrons. The van der Waals surface area contributed by atoms with E-state index in [2.05, 4.69) is 5.10 Å². The summed E-state index contributed by atoms with van der Waals surface area (Å²) >= 11 is 0. The summed E-state index contributed by atoms with van der Waals surface area (Å²) in [6.45, 7) is 5.85. The van der Waals surface area contributed by atoms with E-state index in [0.29, 0.717) is 25.7 Å². The Morgan fingerprint density at radius 1 is 1.65 bits per heavy atom. The molecule has 2 aliphatic heterocycles. The molecule has 2 atom stereocenters. The van der Waals surface area contributed by atoms with Gasteiger partial charge in [-0.05, 0) is 12.5 Å². The molecule has 2 aliphatic rings. The van der Waals surface area contributed by atoms with Crippen molar-refractivity contribution in [3.8, 4) is 0 Å². The average Bonchev–Trinajstić information content (AvgIpc) is 3.03. The summed E-state index contributed by atoms with van der Waals surface area (Å²) in [6, 6.07) is 0. The summed E-state index contributed by atoms with van der Waals surface area (Å²) in [6.07, 6.45) is 3.66. The van der Waals surface area contributed by atoms with Gasteiger partial charge in [0.1, 0.15) is 6.54 Å². The molecule has 20 heavy (non-hydrogen) atoms. The van der Waals surface area contributed by atoms with Crippen molar-refractivity contribution < 1.29 is 14.3 Å². The molecule has 3 rings (SSSR count). The molecular formula is C14H21N3O3. The second-order valence-electron chi connectivity index (χ2n) is 6.00. The van der Waals surface area contributed by atoms with Crippen LogP contribution in [0.15, 0.2) is 12.4 Å². The maximum atomic E-state index is 12.4. The Kier molecular flexibility index (Phi) is 3.52. The van der Waals surface area contributed by atoms with Gasteiger partial charge in [-0.3, -0.25) is 9.48 Å². The van der Waals surface area contributed by atoms with E-state index in [-0.39, 0.29) is 11.3 Å². The van der Waals surface area contributed by atoms with E-state index >= 15 is 0 Å². The standard InChI is InChI=1S/C14H21N3O3/c1-11-3-15-17(4-11)6-13(18)16-5-12-7-20-10-14(12,8-16)9-19-2/h3-4,12H,5-10H2,1-2H3/t12-,14-/m0/s1. The number of methoxy groups -OCH3 is 1. The van der Waals surface area contributed by atoms with Gasteiger partial charge in [-0.2, -0.15) is 5.10 Å². The first-order valence-electron chi connectivity index (χ1n) is 6.96. The van der Waals surface area contributed by atoms with Crippen LogP contribution in [0.2, 0.25) is 0 Å². The van der Waals surface area contributed by atoms with Crippen molar-refractivity contribution in [1.82, 2.24) is 14.7 Å². The van der Waals surface area contributed by atoms with Gasteiger partial charge in [0, 0.05) is 37.7 Å². The lowest BCUT2D eigenvalue weighted by Crippen LogP contribution is -2.38. The number of nitrogens with zero attached hydrogens (tertiary/aromatic N) is 3. The minimum atomic E-state index is -0.00948. The molecule has 0 aromatic carbocycles. The highest BCUT2D eigenvalue weighted by atomic mass is 16.5. The van der Waals surface area contributed by atoms with E-state index in [0.717, 1.165) is 25.3 Å². The minimum Gasteiger partial charge on any atom is -0.384 e. The molecule has 0 unspecified atom stereocenters.